The number of nitrogens with zero attached hydrogens (tertiary/aromatic N) is 3. The van der Waals surface area contributed by atoms with E-state index in [0.717, 1.165) is 17.2 Å². The lowest BCUT2D eigenvalue weighted by atomic mass is 10.2. The van der Waals surface area contributed by atoms with Crippen molar-refractivity contribution in [3.05, 3.63) is 47.5 Å². The fourth-order valence-electron chi connectivity index (χ4n) is 1.50. The van der Waals surface area contributed by atoms with Crippen LogP contribution in [0, 0.1) is 4.91 Å². The molecule has 0 bridgehead atoms. The van der Waals surface area contributed by atoms with Gasteiger partial charge in [-0.1, -0.05) is 0 Å². The zero-order valence-corrected chi connectivity index (χ0v) is 10.3. The lowest BCUT2D eigenvalue weighted by Gasteiger charge is -2.12. The van der Waals surface area contributed by atoms with Crippen molar-refractivity contribution in [3.63, 3.8) is 0 Å². The molecule has 2 rings (SSSR count). The molecule has 0 saturated heterocycles. The van der Waals surface area contributed by atoms with Crippen LogP contribution in [0.3, 0.4) is 0 Å². The predicted octanol–water partition coefficient (Wildman–Crippen LogP) is 3.29. The fraction of sp³-hybridized carbons (Fsp3) is 0.154. The molecular weight excluding hydrogens is 228 g/mol. The Labute approximate surface area is 105 Å². The van der Waals surface area contributed by atoms with Crippen molar-refractivity contribution in [1.29, 1.82) is 0 Å². The van der Waals surface area contributed by atoms with Gasteiger partial charge in [0.15, 0.2) is 0 Å². The van der Waals surface area contributed by atoms with E-state index in [1.807, 2.05) is 31.1 Å². The molecule has 0 amide bonds. The Balaban J connectivity index is 2.10. The Morgan fingerprint density at radius 2 is 1.72 bits per heavy atom. The first-order chi connectivity index (χ1) is 8.69. The van der Waals surface area contributed by atoms with Crippen molar-refractivity contribution in [2.24, 2.45) is 5.18 Å². The van der Waals surface area contributed by atoms with Gasteiger partial charge in [0, 0.05) is 19.8 Å². The van der Waals surface area contributed by atoms with E-state index in [-0.39, 0.29) is 0 Å². The van der Waals surface area contributed by atoms with Gasteiger partial charge in [0.1, 0.15) is 11.5 Å². The molecule has 0 aliphatic carbocycles. The van der Waals surface area contributed by atoms with E-state index in [4.69, 9.17) is 0 Å². The number of nitrogens with one attached hydrogen (secondary N) is 1. The Morgan fingerprint density at radius 3 is 2.22 bits per heavy atom. The van der Waals surface area contributed by atoms with Gasteiger partial charge in [-0.25, -0.2) is 4.98 Å². The summed E-state index contributed by atoms with van der Waals surface area (Å²) in [6, 6.07) is 10.8. The van der Waals surface area contributed by atoms with Gasteiger partial charge in [-0.2, -0.15) is 0 Å². The predicted molar refractivity (Wildman–Crippen MR) is 73.7 cm³/mol. The van der Waals surface area contributed by atoms with Gasteiger partial charge in [0.25, 0.3) is 0 Å². The molecule has 2 aromatic rings. The van der Waals surface area contributed by atoms with Crippen LogP contribution in [-0.4, -0.2) is 19.1 Å². The van der Waals surface area contributed by atoms with Crippen LogP contribution in [0.2, 0.25) is 0 Å². The monoisotopic (exact) mass is 242 g/mol. The quantitative estimate of drug-likeness (QED) is 0.836. The third-order valence-electron chi connectivity index (χ3n) is 2.47. The van der Waals surface area contributed by atoms with Gasteiger partial charge in [-0.3, -0.25) is 0 Å². The SMILES string of the molecule is CN(C)c1ccc(Nc2ccc(N=O)cc2)cn1. The summed E-state index contributed by atoms with van der Waals surface area (Å²) in [5.41, 5.74) is 2.20. The van der Waals surface area contributed by atoms with Crippen LogP contribution < -0.4 is 10.2 Å². The smallest absolute Gasteiger partial charge is 0.128 e. The van der Waals surface area contributed by atoms with E-state index >= 15 is 0 Å². The number of benzene rings is 1. The van der Waals surface area contributed by atoms with E-state index in [9.17, 15) is 4.91 Å². The first kappa shape index (κ1) is 12.0. The molecule has 0 saturated carbocycles. The van der Waals surface area contributed by atoms with Gasteiger partial charge in [0.05, 0.1) is 11.9 Å². The summed E-state index contributed by atoms with van der Waals surface area (Å²) in [7, 11) is 3.89. The molecule has 0 unspecified atom stereocenters. The number of rotatable bonds is 4. The van der Waals surface area contributed by atoms with Crippen molar-refractivity contribution in [2.75, 3.05) is 24.3 Å². The first-order valence-corrected chi connectivity index (χ1v) is 5.53. The van der Waals surface area contributed by atoms with Gasteiger partial charge in [-0.15, -0.1) is 4.91 Å². The molecule has 1 aromatic carbocycles. The summed E-state index contributed by atoms with van der Waals surface area (Å²) in [4.78, 5) is 16.5. The minimum atomic E-state index is 0.418. The van der Waals surface area contributed by atoms with Crippen LogP contribution >= 0.6 is 0 Å². The lowest BCUT2D eigenvalue weighted by Crippen LogP contribution is -2.10. The van der Waals surface area contributed by atoms with Crippen molar-refractivity contribution in [1.82, 2.24) is 4.98 Å². The summed E-state index contributed by atoms with van der Waals surface area (Å²) < 4.78 is 0. The largest absolute Gasteiger partial charge is 0.363 e. The van der Waals surface area contributed by atoms with Crippen LogP contribution in [-0.2, 0) is 0 Å². The zero-order chi connectivity index (χ0) is 13.0. The molecule has 5 heteroatoms. The highest BCUT2D eigenvalue weighted by molar-refractivity contribution is 5.61. The maximum atomic E-state index is 10.3. The van der Waals surface area contributed by atoms with E-state index in [1.165, 1.54) is 0 Å². The van der Waals surface area contributed by atoms with Crippen molar-refractivity contribution in [3.8, 4) is 0 Å². The second-order valence-electron chi connectivity index (χ2n) is 4.06. The minimum absolute atomic E-state index is 0.418. The number of anilines is 3. The Hall–Kier alpha value is -2.43. The van der Waals surface area contributed by atoms with Crippen LogP contribution in [0.1, 0.15) is 0 Å². The molecule has 18 heavy (non-hydrogen) atoms. The topological polar surface area (TPSA) is 57.6 Å². The molecule has 92 valence electrons. The van der Waals surface area contributed by atoms with Crippen molar-refractivity contribution in [2.45, 2.75) is 0 Å². The average Bonchev–Trinajstić information content (AvgIpc) is 2.40. The lowest BCUT2D eigenvalue weighted by molar-refractivity contribution is 1.07. The van der Waals surface area contributed by atoms with Crippen molar-refractivity contribution >= 4 is 22.9 Å². The highest BCUT2D eigenvalue weighted by Gasteiger charge is 1.99. The highest BCUT2D eigenvalue weighted by atomic mass is 16.3. The molecule has 0 spiro atoms. The second kappa shape index (κ2) is 5.27. The number of nitroso groups, excluding NO2 is 1. The van der Waals surface area contributed by atoms with Gasteiger partial charge in [-0.05, 0) is 41.6 Å². The normalized spacial score (nSPS) is 9.89. The number of hydrogen-bond acceptors (Lipinski definition) is 5. The molecule has 1 heterocycles. The molecule has 5 nitrogen and oxygen atoms in total. The summed E-state index contributed by atoms with van der Waals surface area (Å²) in [5, 5.41) is 6.05. The maximum absolute atomic E-state index is 10.3. The van der Waals surface area contributed by atoms with E-state index < -0.39 is 0 Å². The van der Waals surface area contributed by atoms with Crippen LogP contribution in [0.4, 0.5) is 22.9 Å². The van der Waals surface area contributed by atoms with Gasteiger partial charge in [0.2, 0.25) is 0 Å². The maximum Gasteiger partial charge on any atom is 0.128 e. The molecule has 0 radical (unpaired) electrons. The van der Waals surface area contributed by atoms with Crippen LogP contribution in [0.5, 0.6) is 0 Å². The van der Waals surface area contributed by atoms with Crippen LogP contribution in [0.15, 0.2) is 47.8 Å². The number of pyridine rings is 1. The molecule has 0 aliphatic rings. The summed E-state index contributed by atoms with van der Waals surface area (Å²) >= 11 is 0. The Morgan fingerprint density at radius 1 is 1.06 bits per heavy atom. The van der Waals surface area contributed by atoms with Gasteiger partial charge >= 0.3 is 0 Å². The molecule has 0 atom stereocenters. The average molecular weight is 242 g/mol. The second-order valence-corrected chi connectivity index (χ2v) is 4.06. The van der Waals surface area contributed by atoms with E-state index in [2.05, 4.69) is 15.5 Å². The molecule has 1 aromatic heterocycles. The molecule has 0 aliphatic heterocycles. The molecule has 0 fully saturated rings. The van der Waals surface area contributed by atoms with Crippen molar-refractivity contribution < 1.29 is 0 Å². The first-order valence-electron chi connectivity index (χ1n) is 5.53. The standard InChI is InChI=1S/C13H14N4O/c1-17(2)13-8-7-12(9-14-13)15-10-3-5-11(16-18)6-4-10/h3-9,15H,1-2H3. The summed E-state index contributed by atoms with van der Waals surface area (Å²) in [6.45, 7) is 0. The highest BCUT2D eigenvalue weighted by Crippen LogP contribution is 2.20. The third kappa shape index (κ3) is 2.82. The third-order valence-corrected chi connectivity index (χ3v) is 2.47. The summed E-state index contributed by atoms with van der Waals surface area (Å²) in [6.07, 6.45) is 1.77. The number of hydrogen-bond donors (Lipinski definition) is 1. The Bertz CT molecular complexity index is 520. The fourth-order valence-corrected chi connectivity index (χ4v) is 1.50. The van der Waals surface area contributed by atoms with Gasteiger partial charge < -0.3 is 10.2 Å². The van der Waals surface area contributed by atoms with Crippen LogP contribution in [0.25, 0.3) is 0 Å². The summed E-state index contributed by atoms with van der Waals surface area (Å²) in [5.74, 6) is 0.904. The number of aromatic nitrogens is 1. The van der Waals surface area contributed by atoms with E-state index in [1.54, 1.807) is 30.5 Å². The molecule has 1 N–H and O–H groups in total. The Kier molecular flexibility index (Phi) is 3.52. The molecular formula is C13H14N4O. The minimum Gasteiger partial charge on any atom is -0.363 e. The van der Waals surface area contributed by atoms with E-state index in [0.29, 0.717) is 5.69 Å². The zero-order valence-electron chi connectivity index (χ0n) is 10.3.